The van der Waals surface area contributed by atoms with E-state index in [1.54, 1.807) is 0 Å². The van der Waals surface area contributed by atoms with Crippen molar-refractivity contribution in [3.8, 4) is 0 Å². The van der Waals surface area contributed by atoms with Gasteiger partial charge in [-0.05, 0) is 56.5 Å². The van der Waals surface area contributed by atoms with Crippen LogP contribution in [0, 0.1) is 17.8 Å². The van der Waals surface area contributed by atoms with Crippen molar-refractivity contribution in [2.45, 2.75) is 52.1 Å². The lowest BCUT2D eigenvalue weighted by atomic mass is 9.79. The zero-order valence-electron chi connectivity index (χ0n) is 11.7. The summed E-state index contributed by atoms with van der Waals surface area (Å²) in [5, 5.41) is 13.8. The van der Waals surface area contributed by atoms with Gasteiger partial charge in [0.2, 0.25) is 0 Å². The summed E-state index contributed by atoms with van der Waals surface area (Å²) in [6.45, 7) is 9.05. The van der Waals surface area contributed by atoms with Gasteiger partial charge in [0.25, 0.3) is 0 Å². The molecule has 0 bridgehead atoms. The van der Waals surface area contributed by atoms with E-state index in [4.69, 9.17) is 5.73 Å². The highest BCUT2D eigenvalue weighted by molar-refractivity contribution is 4.86. The van der Waals surface area contributed by atoms with Crippen LogP contribution in [0.25, 0.3) is 0 Å². The normalized spacial score (nSPS) is 31.8. The van der Waals surface area contributed by atoms with E-state index in [0.717, 1.165) is 51.2 Å². The van der Waals surface area contributed by atoms with Crippen LogP contribution < -0.4 is 11.1 Å². The fourth-order valence-electron chi connectivity index (χ4n) is 2.56. The third kappa shape index (κ3) is 4.94. The maximum atomic E-state index is 10.4. The summed E-state index contributed by atoms with van der Waals surface area (Å²) in [6, 6.07) is 0. The average molecular weight is 242 g/mol. The fourth-order valence-corrected chi connectivity index (χ4v) is 2.56. The van der Waals surface area contributed by atoms with Crippen molar-refractivity contribution in [2.24, 2.45) is 23.5 Å². The van der Waals surface area contributed by atoms with Gasteiger partial charge in [0.15, 0.2) is 0 Å². The molecule has 3 heteroatoms. The summed E-state index contributed by atoms with van der Waals surface area (Å²) in [7, 11) is 0. The van der Waals surface area contributed by atoms with Gasteiger partial charge in [-0.3, -0.25) is 0 Å². The molecule has 1 fully saturated rings. The number of hydrogen-bond acceptors (Lipinski definition) is 3. The Labute approximate surface area is 106 Å². The van der Waals surface area contributed by atoms with E-state index >= 15 is 0 Å². The maximum Gasteiger partial charge on any atom is 0.0771 e. The molecule has 0 amide bonds. The van der Waals surface area contributed by atoms with Gasteiger partial charge in [0, 0.05) is 6.54 Å². The van der Waals surface area contributed by atoms with Crippen LogP contribution in [0.1, 0.15) is 46.5 Å². The average Bonchev–Trinajstić information content (AvgIpc) is 2.29. The van der Waals surface area contributed by atoms with E-state index in [0.29, 0.717) is 11.8 Å². The molecule has 0 aliphatic heterocycles. The Hall–Kier alpha value is -0.120. The lowest BCUT2D eigenvalue weighted by Gasteiger charge is -2.35. The summed E-state index contributed by atoms with van der Waals surface area (Å²) in [5.41, 5.74) is 5.27. The van der Waals surface area contributed by atoms with Crippen LogP contribution in [0.5, 0.6) is 0 Å². The molecular formula is C14H30N2O. The second-order valence-electron chi connectivity index (χ2n) is 6.28. The zero-order chi connectivity index (χ0) is 12.9. The van der Waals surface area contributed by atoms with Crippen molar-refractivity contribution in [3.63, 3.8) is 0 Å². The topological polar surface area (TPSA) is 58.3 Å². The number of hydrogen-bond donors (Lipinski definition) is 3. The Kier molecular flexibility index (Phi) is 5.90. The molecule has 0 aromatic heterocycles. The molecule has 0 heterocycles. The van der Waals surface area contributed by atoms with Gasteiger partial charge in [-0.1, -0.05) is 20.8 Å². The van der Waals surface area contributed by atoms with Crippen LogP contribution in [-0.2, 0) is 0 Å². The molecule has 4 N–H and O–H groups in total. The van der Waals surface area contributed by atoms with Crippen molar-refractivity contribution in [1.29, 1.82) is 0 Å². The fraction of sp³-hybridized carbons (Fsp3) is 1.00. The van der Waals surface area contributed by atoms with Crippen molar-refractivity contribution in [1.82, 2.24) is 5.32 Å². The zero-order valence-corrected chi connectivity index (χ0v) is 11.7. The van der Waals surface area contributed by atoms with Gasteiger partial charge in [-0.25, -0.2) is 0 Å². The molecule has 0 radical (unpaired) electrons. The molecular weight excluding hydrogens is 212 g/mol. The Balaban J connectivity index is 2.25. The van der Waals surface area contributed by atoms with Gasteiger partial charge in [-0.2, -0.15) is 0 Å². The number of nitrogens with two attached hydrogens (primary N) is 1. The predicted molar refractivity (Wildman–Crippen MR) is 72.8 cm³/mol. The van der Waals surface area contributed by atoms with Gasteiger partial charge in [-0.15, -0.1) is 0 Å². The SMILES string of the molecule is CC1CCC(O)(CNCC(CN)C(C)C)CC1. The lowest BCUT2D eigenvalue weighted by molar-refractivity contribution is -0.00686. The monoisotopic (exact) mass is 242 g/mol. The largest absolute Gasteiger partial charge is 0.389 e. The van der Waals surface area contributed by atoms with E-state index in [2.05, 4.69) is 26.1 Å². The quantitative estimate of drug-likeness (QED) is 0.665. The van der Waals surface area contributed by atoms with Crippen LogP contribution in [0.3, 0.4) is 0 Å². The minimum absolute atomic E-state index is 0.470. The van der Waals surface area contributed by atoms with E-state index in [9.17, 15) is 5.11 Å². The predicted octanol–water partition coefficient (Wildman–Crippen LogP) is 1.75. The Morgan fingerprint density at radius 3 is 2.41 bits per heavy atom. The minimum atomic E-state index is -0.470. The Morgan fingerprint density at radius 1 is 1.35 bits per heavy atom. The molecule has 0 aromatic rings. The number of nitrogens with one attached hydrogen (secondary N) is 1. The molecule has 102 valence electrons. The molecule has 1 atom stereocenters. The first-order valence-electron chi connectivity index (χ1n) is 7.10. The first-order chi connectivity index (χ1) is 7.97. The summed E-state index contributed by atoms with van der Waals surface area (Å²) in [4.78, 5) is 0. The van der Waals surface area contributed by atoms with Crippen LogP contribution >= 0.6 is 0 Å². The summed E-state index contributed by atoms with van der Waals surface area (Å²) >= 11 is 0. The molecule has 1 aliphatic rings. The highest BCUT2D eigenvalue weighted by atomic mass is 16.3. The third-order valence-corrected chi connectivity index (χ3v) is 4.31. The van der Waals surface area contributed by atoms with Crippen molar-refractivity contribution in [2.75, 3.05) is 19.6 Å². The second-order valence-corrected chi connectivity index (χ2v) is 6.28. The summed E-state index contributed by atoms with van der Waals surface area (Å²) in [5.74, 6) is 1.90. The Bertz CT molecular complexity index is 210. The standard InChI is InChI=1S/C14H30N2O/c1-11(2)13(8-15)9-16-10-14(17)6-4-12(3)5-7-14/h11-13,16-17H,4-10,15H2,1-3H3. The molecule has 1 saturated carbocycles. The van der Waals surface area contributed by atoms with Gasteiger partial charge in [0.05, 0.1) is 5.60 Å². The van der Waals surface area contributed by atoms with Crippen LogP contribution in [0.15, 0.2) is 0 Å². The molecule has 0 aromatic carbocycles. The third-order valence-electron chi connectivity index (χ3n) is 4.31. The summed E-state index contributed by atoms with van der Waals surface area (Å²) in [6.07, 6.45) is 4.19. The van der Waals surface area contributed by atoms with E-state index < -0.39 is 5.60 Å². The molecule has 1 rings (SSSR count). The molecule has 1 aliphatic carbocycles. The van der Waals surface area contributed by atoms with Crippen LogP contribution in [0.2, 0.25) is 0 Å². The maximum absolute atomic E-state index is 10.4. The smallest absolute Gasteiger partial charge is 0.0771 e. The molecule has 17 heavy (non-hydrogen) atoms. The first kappa shape index (κ1) is 14.9. The Morgan fingerprint density at radius 2 is 1.94 bits per heavy atom. The van der Waals surface area contributed by atoms with Crippen molar-refractivity contribution in [3.05, 3.63) is 0 Å². The van der Waals surface area contributed by atoms with Gasteiger partial charge < -0.3 is 16.2 Å². The second kappa shape index (κ2) is 6.72. The van der Waals surface area contributed by atoms with Crippen molar-refractivity contribution >= 4 is 0 Å². The van der Waals surface area contributed by atoms with Crippen molar-refractivity contribution < 1.29 is 5.11 Å². The molecule has 3 nitrogen and oxygen atoms in total. The van der Waals surface area contributed by atoms with E-state index in [-0.39, 0.29) is 0 Å². The highest BCUT2D eigenvalue weighted by Crippen LogP contribution is 2.31. The minimum Gasteiger partial charge on any atom is -0.389 e. The molecule has 0 saturated heterocycles. The lowest BCUT2D eigenvalue weighted by Crippen LogP contribution is -2.45. The van der Waals surface area contributed by atoms with E-state index in [1.807, 2.05) is 0 Å². The first-order valence-corrected chi connectivity index (χ1v) is 7.10. The highest BCUT2D eigenvalue weighted by Gasteiger charge is 2.31. The van der Waals surface area contributed by atoms with E-state index in [1.165, 1.54) is 0 Å². The molecule has 0 spiro atoms. The number of rotatable bonds is 6. The van der Waals surface area contributed by atoms with Crippen LogP contribution in [0.4, 0.5) is 0 Å². The van der Waals surface area contributed by atoms with Gasteiger partial charge in [0.1, 0.15) is 0 Å². The summed E-state index contributed by atoms with van der Waals surface area (Å²) < 4.78 is 0. The van der Waals surface area contributed by atoms with Crippen LogP contribution in [-0.4, -0.2) is 30.3 Å². The number of aliphatic hydroxyl groups is 1. The molecule has 1 unspecified atom stereocenters. The van der Waals surface area contributed by atoms with Gasteiger partial charge >= 0.3 is 0 Å².